The third kappa shape index (κ3) is 2.93. The number of ether oxygens (including phenoxy) is 2. The second-order valence-corrected chi connectivity index (χ2v) is 5.05. The van der Waals surface area contributed by atoms with E-state index in [-0.39, 0.29) is 0 Å². The molecule has 1 aromatic rings. The molecule has 0 radical (unpaired) electrons. The lowest BCUT2D eigenvalue weighted by molar-refractivity contribution is -0.222. The lowest BCUT2D eigenvalue weighted by Crippen LogP contribution is -2.48. The molecule has 0 fully saturated rings. The van der Waals surface area contributed by atoms with Crippen molar-refractivity contribution in [3.05, 3.63) is 35.9 Å². The van der Waals surface area contributed by atoms with Crippen LogP contribution in [0.1, 0.15) is 26.3 Å². The molecule has 0 amide bonds. The second-order valence-electron chi connectivity index (χ2n) is 5.05. The summed E-state index contributed by atoms with van der Waals surface area (Å²) >= 11 is 0. The van der Waals surface area contributed by atoms with Crippen LogP contribution in [0.5, 0.6) is 0 Å². The Labute approximate surface area is 107 Å². The molecule has 0 aliphatic heterocycles. The molecule has 0 aliphatic rings. The van der Waals surface area contributed by atoms with E-state index >= 15 is 0 Å². The van der Waals surface area contributed by atoms with Gasteiger partial charge < -0.3 is 9.47 Å². The highest BCUT2D eigenvalue weighted by molar-refractivity contribution is 5.17. The van der Waals surface area contributed by atoms with E-state index in [2.05, 4.69) is 0 Å². The SMILES string of the molecule is CC(C)(C)C(Cc1ccccc1)(OC#N)OC#N. The van der Waals surface area contributed by atoms with Crippen LogP contribution < -0.4 is 0 Å². The van der Waals surface area contributed by atoms with E-state index in [1.807, 2.05) is 51.1 Å². The Hall–Kier alpha value is -2.20. The van der Waals surface area contributed by atoms with Crippen molar-refractivity contribution in [3.8, 4) is 12.5 Å². The molecule has 4 nitrogen and oxygen atoms in total. The highest BCUT2D eigenvalue weighted by atomic mass is 16.7. The molecule has 0 heterocycles. The summed E-state index contributed by atoms with van der Waals surface area (Å²) in [7, 11) is 0. The first kappa shape index (κ1) is 13.9. The minimum absolute atomic E-state index is 0.332. The number of hydrogen-bond donors (Lipinski definition) is 0. The van der Waals surface area contributed by atoms with Gasteiger partial charge in [-0.15, -0.1) is 0 Å². The molecule has 0 atom stereocenters. The van der Waals surface area contributed by atoms with Gasteiger partial charge in [-0.3, -0.25) is 0 Å². The summed E-state index contributed by atoms with van der Waals surface area (Å²) in [5.74, 6) is -1.28. The Morgan fingerprint density at radius 2 is 1.50 bits per heavy atom. The highest BCUT2D eigenvalue weighted by Crippen LogP contribution is 2.37. The fraction of sp³-hybridized carbons (Fsp3) is 0.429. The van der Waals surface area contributed by atoms with E-state index in [0.717, 1.165) is 5.56 Å². The maximum Gasteiger partial charge on any atom is 0.290 e. The first-order chi connectivity index (χ1) is 8.45. The number of nitrogens with zero attached hydrogens (tertiary/aromatic N) is 2. The van der Waals surface area contributed by atoms with E-state index in [1.54, 1.807) is 12.5 Å². The molecule has 0 N–H and O–H groups in total. The normalized spacial score (nSPS) is 11.2. The van der Waals surface area contributed by atoms with Crippen LogP contribution in [0.3, 0.4) is 0 Å². The number of hydrogen-bond acceptors (Lipinski definition) is 4. The lowest BCUT2D eigenvalue weighted by Gasteiger charge is -2.38. The predicted octanol–water partition coefficient (Wildman–Crippen LogP) is 2.97. The van der Waals surface area contributed by atoms with Gasteiger partial charge in [0.05, 0.1) is 6.42 Å². The third-order valence-electron chi connectivity index (χ3n) is 2.84. The Morgan fingerprint density at radius 3 is 1.89 bits per heavy atom. The first-order valence-corrected chi connectivity index (χ1v) is 5.63. The second kappa shape index (κ2) is 5.42. The Morgan fingerprint density at radius 1 is 1.00 bits per heavy atom. The zero-order valence-corrected chi connectivity index (χ0v) is 10.8. The van der Waals surface area contributed by atoms with E-state index in [4.69, 9.17) is 20.0 Å². The number of nitriles is 2. The highest BCUT2D eigenvalue weighted by Gasteiger charge is 2.47. The largest absolute Gasteiger partial charge is 0.380 e. The van der Waals surface area contributed by atoms with Gasteiger partial charge in [0.2, 0.25) is 0 Å². The van der Waals surface area contributed by atoms with Crippen molar-refractivity contribution >= 4 is 0 Å². The smallest absolute Gasteiger partial charge is 0.290 e. The van der Waals surface area contributed by atoms with Gasteiger partial charge in [-0.2, -0.15) is 10.5 Å². The van der Waals surface area contributed by atoms with Crippen LogP contribution in [-0.2, 0) is 15.9 Å². The van der Waals surface area contributed by atoms with Gasteiger partial charge in [0.1, 0.15) is 0 Å². The van der Waals surface area contributed by atoms with Crippen LogP contribution in [-0.4, -0.2) is 5.79 Å². The molecule has 4 heteroatoms. The van der Waals surface area contributed by atoms with Crippen molar-refractivity contribution in [1.29, 1.82) is 10.5 Å². The van der Waals surface area contributed by atoms with Gasteiger partial charge in [-0.1, -0.05) is 51.1 Å². The first-order valence-electron chi connectivity index (χ1n) is 5.63. The minimum Gasteiger partial charge on any atom is -0.380 e. The zero-order chi connectivity index (χ0) is 13.6. The van der Waals surface area contributed by atoms with Crippen LogP contribution in [0.2, 0.25) is 0 Å². The van der Waals surface area contributed by atoms with Crippen LogP contribution in [0.4, 0.5) is 0 Å². The molecular formula is C14H16N2O2. The van der Waals surface area contributed by atoms with Gasteiger partial charge in [0.25, 0.3) is 18.3 Å². The summed E-state index contributed by atoms with van der Waals surface area (Å²) in [5, 5.41) is 17.6. The molecule has 1 aromatic carbocycles. The molecular weight excluding hydrogens is 228 g/mol. The quantitative estimate of drug-likeness (QED) is 0.603. The monoisotopic (exact) mass is 244 g/mol. The van der Waals surface area contributed by atoms with E-state index in [1.165, 1.54) is 0 Å². The van der Waals surface area contributed by atoms with E-state index in [9.17, 15) is 0 Å². The van der Waals surface area contributed by atoms with Crippen LogP contribution in [0, 0.1) is 28.4 Å². The maximum absolute atomic E-state index is 8.81. The Kier molecular flexibility index (Phi) is 4.18. The fourth-order valence-corrected chi connectivity index (χ4v) is 1.68. The summed E-state index contributed by atoms with van der Waals surface area (Å²) in [6, 6.07) is 9.49. The van der Waals surface area contributed by atoms with Crippen molar-refractivity contribution in [2.45, 2.75) is 33.0 Å². The Bertz CT molecular complexity index is 447. The van der Waals surface area contributed by atoms with E-state index < -0.39 is 11.2 Å². The minimum atomic E-state index is -1.28. The topological polar surface area (TPSA) is 66.0 Å². The molecule has 0 saturated carbocycles. The van der Waals surface area contributed by atoms with Gasteiger partial charge >= 0.3 is 0 Å². The lowest BCUT2D eigenvalue weighted by atomic mass is 9.81. The average Bonchev–Trinajstić information content (AvgIpc) is 2.29. The molecule has 0 bridgehead atoms. The number of benzene rings is 1. The summed E-state index contributed by atoms with van der Waals surface area (Å²) in [6.07, 6.45) is 3.62. The van der Waals surface area contributed by atoms with Crippen molar-refractivity contribution in [3.63, 3.8) is 0 Å². The van der Waals surface area contributed by atoms with Crippen LogP contribution in [0.25, 0.3) is 0 Å². The van der Waals surface area contributed by atoms with Gasteiger partial charge in [-0.25, -0.2) is 0 Å². The Balaban J connectivity index is 3.12. The van der Waals surface area contributed by atoms with Gasteiger partial charge in [0, 0.05) is 5.41 Å². The fourth-order valence-electron chi connectivity index (χ4n) is 1.68. The molecule has 94 valence electrons. The summed E-state index contributed by atoms with van der Waals surface area (Å²) in [6.45, 7) is 5.60. The van der Waals surface area contributed by atoms with Crippen LogP contribution >= 0.6 is 0 Å². The standard InChI is InChI=1S/C14H16N2O2/c1-13(2,3)14(17-10-15,18-11-16)9-12-7-5-4-6-8-12/h4-8H,9H2,1-3H3. The van der Waals surface area contributed by atoms with Crippen molar-refractivity contribution in [1.82, 2.24) is 0 Å². The molecule has 0 aromatic heterocycles. The number of rotatable bonds is 4. The molecule has 0 spiro atoms. The molecule has 1 rings (SSSR count). The molecule has 0 saturated heterocycles. The average molecular weight is 244 g/mol. The van der Waals surface area contributed by atoms with Crippen molar-refractivity contribution in [2.75, 3.05) is 0 Å². The molecule has 0 unspecified atom stereocenters. The van der Waals surface area contributed by atoms with E-state index in [0.29, 0.717) is 6.42 Å². The van der Waals surface area contributed by atoms with Gasteiger partial charge in [-0.05, 0) is 5.56 Å². The van der Waals surface area contributed by atoms with Crippen molar-refractivity contribution < 1.29 is 9.47 Å². The summed E-state index contributed by atoms with van der Waals surface area (Å²) in [4.78, 5) is 0. The maximum atomic E-state index is 8.81. The summed E-state index contributed by atoms with van der Waals surface area (Å²) < 4.78 is 10.2. The van der Waals surface area contributed by atoms with Gasteiger partial charge in [0.15, 0.2) is 0 Å². The molecule has 0 aliphatic carbocycles. The third-order valence-corrected chi connectivity index (χ3v) is 2.84. The molecule has 18 heavy (non-hydrogen) atoms. The van der Waals surface area contributed by atoms with Crippen molar-refractivity contribution in [2.24, 2.45) is 5.41 Å². The predicted molar refractivity (Wildman–Crippen MR) is 65.7 cm³/mol. The zero-order valence-electron chi connectivity index (χ0n) is 10.8. The van der Waals surface area contributed by atoms with Crippen LogP contribution in [0.15, 0.2) is 30.3 Å². The summed E-state index contributed by atoms with van der Waals surface area (Å²) in [5.41, 5.74) is 0.423.